The van der Waals surface area contributed by atoms with Crippen LogP contribution in [0.2, 0.25) is 0 Å². The van der Waals surface area contributed by atoms with Crippen molar-refractivity contribution < 1.29 is 0 Å². The number of hydrogen-bond acceptors (Lipinski definition) is 4. The zero-order chi connectivity index (χ0) is 14.5. The number of thiophene rings is 1. The van der Waals surface area contributed by atoms with Crippen molar-refractivity contribution in [3.63, 3.8) is 0 Å². The molecule has 5 heteroatoms. The minimum absolute atomic E-state index is 0.771. The minimum Gasteiger partial charge on any atom is -0.370 e. The lowest BCUT2D eigenvalue weighted by Gasteiger charge is -2.12. The fourth-order valence-electron chi connectivity index (χ4n) is 2.22. The summed E-state index contributed by atoms with van der Waals surface area (Å²) in [5, 5.41) is 5.46. The van der Waals surface area contributed by atoms with Crippen LogP contribution in [0.1, 0.15) is 18.9 Å². The maximum atomic E-state index is 4.48. The average molecular weight is 298 g/mol. The van der Waals surface area contributed by atoms with Gasteiger partial charge in [-0.3, -0.25) is 0 Å². The molecule has 0 amide bonds. The van der Waals surface area contributed by atoms with Gasteiger partial charge in [0.1, 0.15) is 11.6 Å². The molecule has 4 nitrogen and oxygen atoms in total. The van der Waals surface area contributed by atoms with Crippen molar-refractivity contribution in [2.45, 2.75) is 19.9 Å². The highest BCUT2D eigenvalue weighted by Gasteiger charge is 2.09. The number of rotatable bonds is 6. The molecule has 0 aliphatic heterocycles. The van der Waals surface area contributed by atoms with E-state index in [9.17, 15) is 0 Å². The molecule has 21 heavy (non-hydrogen) atoms. The minimum atomic E-state index is 0.771. The predicted octanol–water partition coefficient (Wildman–Crippen LogP) is 3.88. The molecule has 1 N–H and O–H groups in total. The average Bonchev–Trinajstić information content (AvgIpc) is 3.17. The first-order chi connectivity index (χ1) is 10.4. The maximum absolute atomic E-state index is 4.48. The van der Waals surface area contributed by atoms with Crippen LogP contribution in [0.25, 0.3) is 10.7 Å². The summed E-state index contributed by atoms with van der Waals surface area (Å²) in [6.07, 6.45) is 6.79. The number of anilines is 1. The van der Waals surface area contributed by atoms with Crippen LogP contribution in [0.15, 0.2) is 48.2 Å². The Morgan fingerprint density at radius 3 is 2.95 bits per heavy atom. The number of nitrogens with zero attached hydrogens (tertiary/aromatic N) is 3. The molecule has 0 aromatic carbocycles. The van der Waals surface area contributed by atoms with Gasteiger partial charge in [0.05, 0.1) is 11.4 Å². The second-order valence-corrected chi connectivity index (χ2v) is 5.74. The van der Waals surface area contributed by atoms with Crippen molar-refractivity contribution in [2.75, 3.05) is 11.9 Å². The van der Waals surface area contributed by atoms with E-state index in [0.29, 0.717) is 0 Å². The Kier molecular flexibility index (Phi) is 4.31. The highest BCUT2D eigenvalue weighted by Crippen LogP contribution is 2.24. The molecular weight excluding hydrogens is 280 g/mol. The largest absolute Gasteiger partial charge is 0.370 e. The zero-order valence-electron chi connectivity index (χ0n) is 12.0. The Hall–Kier alpha value is -2.14. The van der Waals surface area contributed by atoms with Gasteiger partial charge in [-0.1, -0.05) is 19.1 Å². The number of pyridine rings is 1. The molecule has 0 unspecified atom stereocenters. The topological polar surface area (TPSA) is 42.7 Å². The van der Waals surface area contributed by atoms with Crippen LogP contribution >= 0.6 is 11.3 Å². The van der Waals surface area contributed by atoms with Crippen LogP contribution in [0, 0.1) is 0 Å². The Labute approximate surface area is 128 Å². The van der Waals surface area contributed by atoms with Gasteiger partial charge in [0.15, 0.2) is 0 Å². The lowest BCUT2D eigenvalue weighted by atomic mass is 10.2. The summed E-state index contributed by atoms with van der Waals surface area (Å²) < 4.78 is 2.17. The summed E-state index contributed by atoms with van der Waals surface area (Å²) in [5.41, 5.74) is 1.18. The van der Waals surface area contributed by atoms with E-state index in [-0.39, 0.29) is 0 Å². The molecule has 0 saturated carbocycles. The van der Waals surface area contributed by atoms with Crippen molar-refractivity contribution in [2.24, 2.45) is 0 Å². The van der Waals surface area contributed by atoms with Gasteiger partial charge in [-0.2, -0.15) is 0 Å². The van der Waals surface area contributed by atoms with Gasteiger partial charge in [-0.25, -0.2) is 9.97 Å². The van der Waals surface area contributed by atoms with Crippen LogP contribution in [-0.4, -0.2) is 21.1 Å². The van der Waals surface area contributed by atoms with E-state index in [1.165, 1.54) is 10.4 Å². The van der Waals surface area contributed by atoms with E-state index in [0.717, 1.165) is 31.2 Å². The Balaban J connectivity index is 1.86. The number of nitrogens with one attached hydrogen (secondary N) is 1. The molecule has 0 saturated heterocycles. The van der Waals surface area contributed by atoms with Gasteiger partial charge in [0.2, 0.25) is 0 Å². The first-order valence-electron chi connectivity index (χ1n) is 7.11. The summed E-state index contributed by atoms with van der Waals surface area (Å²) >= 11 is 1.71. The van der Waals surface area contributed by atoms with Crippen molar-refractivity contribution in [1.82, 2.24) is 14.5 Å². The normalized spacial score (nSPS) is 10.7. The van der Waals surface area contributed by atoms with Crippen LogP contribution < -0.4 is 5.32 Å². The third-order valence-electron chi connectivity index (χ3n) is 3.23. The van der Waals surface area contributed by atoms with Crippen LogP contribution in [0.5, 0.6) is 0 Å². The first kappa shape index (κ1) is 13.8. The third kappa shape index (κ3) is 3.13. The molecular formula is C16H18N4S. The van der Waals surface area contributed by atoms with Crippen LogP contribution in [0.3, 0.4) is 0 Å². The molecule has 0 bridgehead atoms. The Bertz CT molecular complexity index is 688. The fourth-order valence-corrected chi connectivity index (χ4v) is 2.96. The molecule has 3 rings (SSSR count). The highest BCUT2D eigenvalue weighted by atomic mass is 32.1. The van der Waals surface area contributed by atoms with Gasteiger partial charge < -0.3 is 9.88 Å². The third-order valence-corrected chi connectivity index (χ3v) is 4.10. The van der Waals surface area contributed by atoms with E-state index in [1.54, 1.807) is 11.3 Å². The van der Waals surface area contributed by atoms with E-state index in [2.05, 4.69) is 50.4 Å². The van der Waals surface area contributed by atoms with Gasteiger partial charge in [-0.15, -0.1) is 11.3 Å². The fraction of sp³-hybridized carbons (Fsp3) is 0.250. The lowest BCUT2D eigenvalue weighted by molar-refractivity contribution is 0.803. The summed E-state index contributed by atoms with van der Waals surface area (Å²) in [5.74, 6) is 1.97. The smallest absolute Gasteiger partial charge is 0.150 e. The number of imidazole rings is 1. The Morgan fingerprint density at radius 2 is 2.14 bits per heavy atom. The molecule has 3 aromatic heterocycles. The second-order valence-electron chi connectivity index (χ2n) is 4.79. The molecule has 0 aliphatic carbocycles. The molecule has 0 aliphatic rings. The summed E-state index contributed by atoms with van der Waals surface area (Å²) in [7, 11) is 0. The van der Waals surface area contributed by atoms with Gasteiger partial charge in [0.25, 0.3) is 0 Å². The zero-order valence-corrected chi connectivity index (χ0v) is 12.8. The summed E-state index contributed by atoms with van der Waals surface area (Å²) in [6, 6.07) is 8.25. The summed E-state index contributed by atoms with van der Waals surface area (Å²) in [6.45, 7) is 3.86. The van der Waals surface area contributed by atoms with E-state index in [4.69, 9.17) is 0 Å². The van der Waals surface area contributed by atoms with Crippen molar-refractivity contribution in [3.8, 4) is 10.7 Å². The number of hydrogen-bond donors (Lipinski definition) is 1. The van der Waals surface area contributed by atoms with E-state index >= 15 is 0 Å². The molecule has 3 heterocycles. The SMILES string of the molecule is CCCNc1ncccc1Cn1ccnc1-c1cccs1. The molecule has 3 aromatic rings. The quantitative estimate of drug-likeness (QED) is 0.751. The maximum Gasteiger partial charge on any atom is 0.150 e. The van der Waals surface area contributed by atoms with Crippen LogP contribution in [-0.2, 0) is 6.54 Å². The standard InChI is InChI=1S/C16H18N4S/c1-2-7-17-15-13(5-3-8-18-15)12-20-10-9-19-16(20)14-6-4-11-21-14/h3-6,8-11H,2,7,12H2,1H3,(H,17,18). The molecule has 0 atom stereocenters. The lowest BCUT2D eigenvalue weighted by Crippen LogP contribution is -2.08. The highest BCUT2D eigenvalue weighted by molar-refractivity contribution is 7.13. The van der Waals surface area contributed by atoms with Gasteiger partial charge in [-0.05, 0) is 23.9 Å². The number of aromatic nitrogens is 3. The summed E-state index contributed by atoms with van der Waals surface area (Å²) in [4.78, 5) is 10.1. The molecule has 0 spiro atoms. The van der Waals surface area contributed by atoms with Gasteiger partial charge >= 0.3 is 0 Å². The van der Waals surface area contributed by atoms with Crippen molar-refractivity contribution >= 4 is 17.2 Å². The van der Waals surface area contributed by atoms with E-state index in [1.807, 2.05) is 24.7 Å². The van der Waals surface area contributed by atoms with Gasteiger partial charge in [0, 0.05) is 30.7 Å². The van der Waals surface area contributed by atoms with E-state index < -0.39 is 0 Å². The second kappa shape index (κ2) is 6.54. The monoisotopic (exact) mass is 298 g/mol. The molecule has 0 radical (unpaired) electrons. The van der Waals surface area contributed by atoms with Crippen molar-refractivity contribution in [3.05, 3.63) is 53.8 Å². The molecule has 0 fully saturated rings. The van der Waals surface area contributed by atoms with Crippen LogP contribution in [0.4, 0.5) is 5.82 Å². The predicted molar refractivity (Wildman–Crippen MR) is 87.7 cm³/mol. The van der Waals surface area contributed by atoms with Crippen molar-refractivity contribution in [1.29, 1.82) is 0 Å². The Morgan fingerprint density at radius 1 is 1.19 bits per heavy atom. The molecule has 108 valence electrons. The first-order valence-corrected chi connectivity index (χ1v) is 7.99.